The van der Waals surface area contributed by atoms with Gasteiger partial charge in [0.05, 0.1) is 0 Å². The first kappa shape index (κ1) is 19.0. The predicted octanol–water partition coefficient (Wildman–Crippen LogP) is 4.15. The van der Waals surface area contributed by atoms with Gasteiger partial charge in [-0.2, -0.15) is 0 Å². The molecule has 0 aliphatic carbocycles. The van der Waals surface area contributed by atoms with E-state index in [1.165, 1.54) is 16.7 Å². The zero-order valence-corrected chi connectivity index (χ0v) is 15.3. The SMILES string of the molecule is Cc1cccc(COc2c(C)cc(CNCCCC(=O)O)cc2C)c1. The first-order valence-corrected chi connectivity index (χ1v) is 8.66. The summed E-state index contributed by atoms with van der Waals surface area (Å²) in [6.07, 6.45) is 0.849. The Morgan fingerprint density at radius 3 is 2.44 bits per heavy atom. The van der Waals surface area contributed by atoms with Gasteiger partial charge < -0.3 is 15.2 Å². The molecule has 0 heterocycles. The molecular weight excluding hydrogens is 314 g/mol. The van der Waals surface area contributed by atoms with Crippen LogP contribution >= 0.6 is 0 Å². The van der Waals surface area contributed by atoms with Crippen molar-refractivity contribution in [2.45, 2.75) is 46.8 Å². The lowest BCUT2D eigenvalue weighted by Crippen LogP contribution is -2.16. The highest BCUT2D eigenvalue weighted by Crippen LogP contribution is 2.26. The summed E-state index contributed by atoms with van der Waals surface area (Å²) >= 11 is 0. The van der Waals surface area contributed by atoms with E-state index in [1.807, 2.05) is 6.07 Å². The number of carbonyl (C=O) groups is 1. The molecule has 0 amide bonds. The molecule has 0 bridgehead atoms. The van der Waals surface area contributed by atoms with Crippen molar-refractivity contribution in [3.63, 3.8) is 0 Å². The van der Waals surface area contributed by atoms with Crippen LogP contribution < -0.4 is 10.1 Å². The number of nitrogens with one attached hydrogen (secondary N) is 1. The summed E-state index contributed by atoms with van der Waals surface area (Å²) in [5, 5.41) is 11.9. The molecule has 25 heavy (non-hydrogen) atoms. The largest absolute Gasteiger partial charge is 0.488 e. The highest BCUT2D eigenvalue weighted by Gasteiger charge is 2.07. The highest BCUT2D eigenvalue weighted by atomic mass is 16.5. The molecule has 0 radical (unpaired) electrons. The van der Waals surface area contributed by atoms with E-state index in [9.17, 15) is 4.79 Å². The standard InChI is InChI=1S/C21H27NO3/c1-15-6-4-7-18(10-15)14-25-21-16(2)11-19(12-17(21)3)13-22-9-5-8-20(23)24/h4,6-7,10-12,22H,5,8-9,13-14H2,1-3H3,(H,23,24). The zero-order chi connectivity index (χ0) is 18.2. The van der Waals surface area contributed by atoms with Crippen molar-refractivity contribution in [1.82, 2.24) is 5.32 Å². The van der Waals surface area contributed by atoms with Crippen molar-refractivity contribution in [3.8, 4) is 5.75 Å². The highest BCUT2D eigenvalue weighted by molar-refractivity contribution is 5.66. The number of aliphatic carboxylic acids is 1. The van der Waals surface area contributed by atoms with E-state index >= 15 is 0 Å². The lowest BCUT2D eigenvalue weighted by atomic mass is 10.1. The Kier molecular flexibility index (Phi) is 7.02. The first-order valence-electron chi connectivity index (χ1n) is 8.66. The molecule has 0 aliphatic heterocycles. The fourth-order valence-corrected chi connectivity index (χ4v) is 2.92. The smallest absolute Gasteiger partial charge is 0.303 e. The molecule has 0 aromatic heterocycles. The predicted molar refractivity (Wildman–Crippen MR) is 100 cm³/mol. The molecule has 0 spiro atoms. The monoisotopic (exact) mass is 341 g/mol. The molecule has 134 valence electrons. The second-order valence-electron chi connectivity index (χ2n) is 6.51. The van der Waals surface area contributed by atoms with Crippen LogP contribution in [0.5, 0.6) is 5.75 Å². The number of carboxylic acids is 1. The summed E-state index contributed by atoms with van der Waals surface area (Å²) in [7, 11) is 0. The molecule has 0 unspecified atom stereocenters. The van der Waals surface area contributed by atoms with Crippen LogP contribution in [0.15, 0.2) is 36.4 Å². The van der Waals surface area contributed by atoms with Crippen molar-refractivity contribution in [3.05, 3.63) is 64.2 Å². The maximum Gasteiger partial charge on any atom is 0.303 e. The number of benzene rings is 2. The van der Waals surface area contributed by atoms with Crippen LogP contribution in [0.1, 0.15) is 40.7 Å². The van der Waals surface area contributed by atoms with Crippen molar-refractivity contribution in [1.29, 1.82) is 0 Å². The molecule has 0 saturated heterocycles. The summed E-state index contributed by atoms with van der Waals surface area (Å²) in [5.74, 6) is 0.194. The van der Waals surface area contributed by atoms with Crippen LogP contribution in [0, 0.1) is 20.8 Å². The summed E-state index contributed by atoms with van der Waals surface area (Å²) < 4.78 is 6.05. The van der Waals surface area contributed by atoms with E-state index in [-0.39, 0.29) is 6.42 Å². The van der Waals surface area contributed by atoms with Crippen molar-refractivity contribution >= 4 is 5.97 Å². The van der Waals surface area contributed by atoms with Crippen LogP contribution in [0.2, 0.25) is 0 Å². The molecule has 2 aromatic carbocycles. The fourth-order valence-electron chi connectivity index (χ4n) is 2.92. The normalized spacial score (nSPS) is 10.7. The molecule has 2 aromatic rings. The fraction of sp³-hybridized carbons (Fsp3) is 0.381. The van der Waals surface area contributed by atoms with Crippen LogP contribution in [0.4, 0.5) is 0 Å². The topological polar surface area (TPSA) is 58.6 Å². The van der Waals surface area contributed by atoms with E-state index in [4.69, 9.17) is 9.84 Å². The average Bonchev–Trinajstić information content (AvgIpc) is 2.53. The van der Waals surface area contributed by atoms with Crippen LogP contribution in [-0.4, -0.2) is 17.6 Å². The summed E-state index contributed by atoms with van der Waals surface area (Å²) in [6, 6.07) is 12.6. The molecule has 0 saturated carbocycles. The van der Waals surface area contributed by atoms with Crippen LogP contribution in [0.3, 0.4) is 0 Å². The van der Waals surface area contributed by atoms with Crippen molar-refractivity contribution in [2.75, 3.05) is 6.54 Å². The van der Waals surface area contributed by atoms with Gasteiger partial charge in [-0.05, 0) is 56.0 Å². The van der Waals surface area contributed by atoms with Gasteiger partial charge >= 0.3 is 5.97 Å². The van der Waals surface area contributed by atoms with E-state index in [1.54, 1.807) is 0 Å². The Morgan fingerprint density at radius 1 is 1.08 bits per heavy atom. The third kappa shape index (κ3) is 6.24. The maximum atomic E-state index is 10.5. The van der Waals surface area contributed by atoms with Gasteiger partial charge in [0.25, 0.3) is 0 Å². The van der Waals surface area contributed by atoms with Gasteiger partial charge in [0.1, 0.15) is 12.4 Å². The maximum absolute atomic E-state index is 10.5. The van der Waals surface area contributed by atoms with E-state index in [0.717, 1.165) is 23.4 Å². The quantitative estimate of drug-likeness (QED) is 0.673. The summed E-state index contributed by atoms with van der Waals surface area (Å²) in [4.78, 5) is 10.5. The molecule has 4 nitrogen and oxygen atoms in total. The number of aryl methyl sites for hydroxylation is 3. The second kappa shape index (κ2) is 9.23. The number of rotatable bonds is 9. The Hall–Kier alpha value is -2.33. The second-order valence-corrected chi connectivity index (χ2v) is 6.51. The number of carboxylic acid groups (broad SMARTS) is 1. The summed E-state index contributed by atoms with van der Waals surface area (Å²) in [6.45, 7) is 8.21. The molecule has 2 rings (SSSR count). The third-order valence-electron chi connectivity index (χ3n) is 4.06. The Morgan fingerprint density at radius 2 is 1.80 bits per heavy atom. The lowest BCUT2D eigenvalue weighted by Gasteiger charge is -2.15. The van der Waals surface area contributed by atoms with Crippen molar-refractivity contribution in [2.24, 2.45) is 0 Å². The van der Waals surface area contributed by atoms with Gasteiger partial charge in [-0.15, -0.1) is 0 Å². The first-order chi connectivity index (χ1) is 12.0. The third-order valence-corrected chi connectivity index (χ3v) is 4.06. The van der Waals surface area contributed by atoms with Gasteiger partial charge in [0, 0.05) is 13.0 Å². The summed E-state index contributed by atoms with van der Waals surface area (Å²) in [5.41, 5.74) is 5.83. The zero-order valence-electron chi connectivity index (χ0n) is 15.3. The van der Waals surface area contributed by atoms with E-state index in [0.29, 0.717) is 19.6 Å². The Balaban J connectivity index is 1.91. The minimum Gasteiger partial charge on any atom is -0.488 e. The molecule has 4 heteroatoms. The molecular formula is C21H27NO3. The molecule has 2 N–H and O–H groups in total. The van der Waals surface area contributed by atoms with Crippen molar-refractivity contribution < 1.29 is 14.6 Å². The van der Waals surface area contributed by atoms with Gasteiger partial charge in [0.15, 0.2) is 0 Å². The van der Waals surface area contributed by atoms with Gasteiger partial charge in [-0.25, -0.2) is 0 Å². The molecule has 0 fully saturated rings. The van der Waals surface area contributed by atoms with Crippen LogP contribution in [-0.2, 0) is 17.9 Å². The van der Waals surface area contributed by atoms with Crippen LogP contribution in [0.25, 0.3) is 0 Å². The molecule has 0 aliphatic rings. The van der Waals surface area contributed by atoms with Gasteiger partial charge in [0.2, 0.25) is 0 Å². The van der Waals surface area contributed by atoms with Gasteiger partial charge in [-0.1, -0.05) is 42.0 Å². The molecule has 0 atom stereocenters. The Labute approximate surface area is 149 Å². The average molecular weight is 341 g/mol. The minimum absolute atomic E-state index is 0.205. The number of hydrogen-bond donors (Lipinski definition) is 2. The lowest BCUT2D eigenvalue weighted by molar-refractivity contribution is -0.137. The number of ether oxygens (including phenoxy) is 1. The van der Waals surface area contributed by atoms with Gasteiger partial charge in [-0.3, -0.25) is 4.79 Å². The Bertz CT molecular complexity index is 702. The number of hydrogen-bond acceptors (Lipinski definition) is 3. The minimum atomic E-state index is -0.747. The van der Waals surface area contributed by atoms with E-state index in [2.05, 4.69) is 56.4 Å². The van der Waals surface area contributed by atoms with E-state index < -0.39 is 5.97 Å².